The first kappa shape index (κ1) is 24.1. The lowest BCUT2D eigenvalue weighted by molar-refractivity contribution is -0.117. The minimum atomic E-state index is -0.213. The molecule has 1 aliphatic rings. The maximum absolute atomic E-state index is 11.8. The molecule has 34 heavy (non-hydrogen) atoms. The number of nitrogens with one attached hydrogen (secondary N) is 2. The Morgan fingerprint density at radius 2 is 2.00 bits per heavy atom. The van der Waals surface area contributed by atoms with Crippen molar-refractivity contribution >= 4 is 46.0 Å². The van der Waals surface area contributed by atoms with E-state index in [9.17, 15) is 4.79 Å². The lowest BCUT2D eigenvalue weighted by atomic mass is 10.0. The number of hydrogen-bond donors (Lipinski definition) is 2. The molecule has 3 aromatic rings. The van der Waals surface area contributed by atoms with Gasteiger partial charge in [-0.15, -0.1) is 0 Å². The molecule has 2 aromatic heterocycles. The predicted octanol–water partition coefficient (Wildman–Crippen LogP) is 3.68. The van der Waals surface area contributed by atoms with E-state index in [2.05, 4.69) is 27.3 Å². The van der Waals surface area contributed by atoms with Crippen molar-refractivity contribution in [1.82, 2.24) is 20.1 Å². The van der Waals surface area contributed by atoms with Gasteiger partial charge in [-0.05, 0) is 24.6 Å². The molecule has 1 aliphatic heterocycles. The van der Waals surface area contributed by atoms with E-state index in [-0.39, 0.29) is 18.0 Å². The second-order valence-electron chi connectivity index (χ2n) is 7.72. The zero-order valence-corrected chi connectivity index (χ0v) is 20.3. The van der Waals surface area contributed by atoms with Crippen LogP contribution in [0, 0.1) is 0 Å². The Bertz CT molecular complexity index is 1190. The van der Waals surface area contributed by atoms with Crippen molar-refractivity contribution < 1.29 is 19.0 Å². The van der Waals surface area contributed by atoms with Crippen molar-refractivity contribution in [3.05, 3.63) is 52.7 Å². The maximum atomic E-state index is 11.8. The first-order valence-electron chi connectivity index (χ1n) is 10.6. The molecule has 1 amide bonds. The van der Waals surface area contributed by atoms with Crippen molar-refractivity contribution in [3.8, 4) is 11.5 Å². The third kappa shape index (κ3) is 4.91. The smallest absolute Gasteiger partial charge is 0.243 e. The second kappa shape index (κ2) is 10.5. The van der Waals surface area contributed by atoms with Crippen molar-refractivity contribution in [3.63, 3.8) is 0 Å². The quantitative estimate of drug-likeness (QED) is 0.450. The molecule has 11 heteroatoms. The van der Waals surface area contributed by atoms with E-state index in [1.165, 1.54) is 20.3 Å². The molecular formula is C23H25Cl2N5O4. The Morgan fingerprint density at radius 3 is 2.68 bits per heavy atom. The SMILES string of the molecule is C=CC(=O)NC1CCOCC1Nc1ccc2c(cnn2Cc2c(Cl)c(OC)cc(OC)c2Cl)n1. The molecule has 0 bridgehead atoms. The van der Waals surface area contributed by atoms with Gasteiger partial charge in [0.25, 0.3) is 0 Å². The highest BCUT2D eigenvalue weighted by atomic mass is 35.5. The van der Waals surface area contributed by atoms with Gasteiger partial charge in [-0.2, -0.15) is 5.10 Å². The highest BCUT2D eigenvalue weighted by Crippen LogP contribution is 2.40. The summed E-state index contributed by atoms with van der Waals surface area (Å²) >= 11 is 13.1. The molecule has 2 unspecified atom stereocenters. The first-order valence-corrected chi connectivity index (χ1v) is 11.4. The summed E-state index contributed by atoms with van der Waals surface area (Å²) in [7, 11) is 3.07. The summed E-state index contributed by atoms with van der Waals surface area (Å²) in [5, 5.41) is 11.6. The number of fused-ring (bicyclic) bond motifs is 1. The number of methoxy groups -OCH3 is 2. The highest BCUT2D eigenvalue weighted by Gasteiger charge is 2.27. The molecule has 2 atom stereocenters. The molecule has 0 aliphatic carbocycles. The third-order valence-corrected chi connectivity index (χ3v) is 6.50. The van der Waals surface area contributed by atoms with Gasteiger partial charge >= 0.3 is 0 Å². The van der Waals surface area contributed by atoms with Crippen molar-refractivity contribution in [2.45, 2.75) is 25.0 Å². The first-order chi connectivity index (χ1) is 16.4. The summed E-state index contributed by atoms with van der Waals surface area (Å²) in [6.07, 6.45) is 3.64. The Kier molecular flexibility index (Phi) is 7.45. The van der Waals surface area contributed by atoms with Crippen LogP contribution in [0.25, 0.3) is 11.0 Å². The highest BCUT2D eigenvalue weighted by molar-refractivity contribution is 6.37. The van der Waals surface area contributed by atoms with Crippen LogP contribution < -0.4 is 20.1 Å². The van der Waals surface area contributed by atoms with Gasteiger partial charge in [0.15, 0.2) is 0 Å². The zero-order chi connectivity index (χ0) is 24.2. The van der Waals surface area contributed by atoms with Crippen molar-refractivity contribution in [2.24, 2.45) is 0 Å². The molecule has 0 saturated carbocycles. The van der Waals surface area contributed by atoms with Crippen molar-refractivity contribution in [1.29, 1.82) is 0 Å². The van der Waals surface area contributed by atoms with E-state index in [0.717, 1.165) is 5.52 Å². The Balaban J connectivity index is 1.57. The number of halogens is 2. The topological polar surface area (TPSA) is 99.5 Å². The van der Waals surface area contributed by atoms with Gasteiger partial charge in [-0.1, -0.05) is 29.8 Å². The summed E-state index contributed by atoms with van der Waals surface area (Å²) in [4.78, 5) is 16.5. The van der Waals surface area contributed by atoms with Gasteiger partial charge in [0, 0.05) is 18.2 Å². The fourth-order valence-electron chi connectivity index (χ4n) is 3.88. The lowest BCUT2D eigenvalue weighted by Crippen LogP contribution is -2.52. The van der Waals surface area contributed by atoms with E-state index in [1.54, 1.807) is 16.9 Å². The van der Waals surface area contributed by atoms with Gasteiger partial charge in [0.1, 0.15) is 22.8 Å². The number of carbonyl (C=O) groups is 1. The standard InChI is InChI=1S/C23H25Cl2N5O4/c1-4-21(31)29-14-7-8-34-12-16(14)28-20-6-5-17-15(27-20)10-26-30(17)11-13-22(24)18(32-2)9-19(33-3)23(13)25/h4-6,9-10,14,16H,1,7-8,11-12H2,2-3H3,(H,27,28)(H,29,31). The van der Waals surface area contributed by atoms with E-state index in [1.807, 2.05) is 12.1 Å². The fraction of sp³-hybridized carbons (Fsp3) is 0.348. The van der Waals surface area contributed by atoms with Gasteiger partial charge in [0.05, 0.1) is 61.2 Å². The molecule has 9 nitrogen and oxygen atoms in total. The van der Waals surface area contributed by atoms with Crippen LogP contribution in [0.5, 0.6) is 11.5 Å². The number of aromatic nitrogens is 3. The van der Waals surface area contributed by atoms with E-state index in [0.29, 0.717) is 64.6 Å². The monoisotopic (exact) mass is 505 g/mol. The minimum Gasteiger partial charge on any atom is -0.495 e. The van der Waals surface area contributed by atoms with Crippen LogP contribution in [0.1, 0.15) is 12.0 Å². The number of anilines is 1. The van der Waals surface area contributed by atoms with Crippen LogP contribution >= 0.6 is 23.2 Å². The maximum Gasteiger partial charge on any atom is 0.243 e. The Morgan fingerprint density at radius 1 is 1.26 bits per heavy atom. The minimum absolute atomic E-state index is 0.0909. The lowest BCUT2D eigenvalue weighted by Gasteiger charge is -2.32. The van der Waals surface area contributed by atoms with Gasteiger partial charge in [-0.3, -0.25) is 9.48 Å². The summed E-state index contributed by atoms with van der Waals surface area (Å²) < 4.78 is 18.1. The van der Waals surface area contributed by atoms with Crippen LogP contribution in [0.3, 0.4) is 0 Å². The van der Waals surface area contributed by atoms with Crippen LogP contribution in [0.2, 0.25) is 10.0 Å². The third-order valence-electron chi connectivity index (χ3n) is 5.67. The molecule has 1 saturated heterocycles. The summed E-state index contributed by atoms with van der Waals surface area (Å²) in [5.74, 6) is 1.37. The molecule has 2 N–H and O–H groups in total. The molecule has 180 valence electrons. The molecule has 1 fully saturated rings. The van der Waals surface area contributed by atoms with Crippen LogP contribution in [0.4, 0.5) is 5.82 Å². The number of nitrogens with zero attached hydrogens (tertiary/aromatic N) is 3. The second-order valence-corrected chi connectivity index (χ2v) is 8.48. The molecule has 0 spiro atoms. The van der Waals surface area contributed by atoms with Crippen molar-refractivity contribution in [2.75, 3.05) is 32.8 Å². The van der Waals surface area contributed by atoms with Gasteiger partial charge < -0.3 is 24.8 Å². The number of amides is 1. The van der Waals surface area contributed by atoms with Gasteiger partial charge in [-0.25, -0.2) is 4.98 Å². The number of rotatable bonds is 8. The average Bonchev–Trinajstić information content (AvgIpc) is 3.25. The summed E-state index contributed by atoms with van der Waals surface area (Å²) in [6.45, 7) is 4.85. The van der Waals surface area contributed by atoms with E-state index < -0.39 is 0 Å². The Hall–Kier alpha value is -3.01. The Labute approximate surface area is 207 Å². The number of ether oxygens (including phenoxy) is 3. The summed E-state index contributed by atoms with van der Waals surface area (Å²) in [5.41, 5.74) is 2.12. The number of benzene rings is 1. The zero-order valence-electron chi connectivity index (χ0n) is 18.8. The molecule has 1 aromatic carbocycles. The molecule has 0 radical (unpaired) electrons. The molecule has 4 rings (SSSR count). The van der Waals surface area contributed by atoms with Crippen LogP contribution in [0.15, 0.2) is 37.1 Å². The normalized spacial score (nSPS) is 17.9. The van der Waals surface area contributed by atoms with Gasteiger partial charge in [0.2, 0.25) is 5.91 Å². The summed E-state index contributed by atoms with van der Waals surface area (Å²) in [6, 6.07) is 5.20. The number of hydrogen-bond acceptors (Lipinski definition) is 7. The number of pyridine rings is 1. The number of carbonyl (C=O) groups excluding carboxylic acids is 1. The van der Waals surface area contributed by atoms with E-state index >= 15 is 0 Å². The van der Waals surface area contributed by atoms with Crippen LogP contribution in [-0.4, -0.2) is 60.2 Å². The fourth-order valence-corrected chi connectivity index (χ4v) is 4.50. The largest absolute Gasteiger partial charge is 0.495 e. The average molecular weight is 506 g/mol. The molecule has 3 heterocycles. The predicted molar refractivity (Wildman–Crippen MR) is 131 cm³/mol. The van der Waals surface area contributed by atoms with Crippen LogP contribution in [-0.2, 0) is 16.1 Å². The molecular weight excluding hydrogens is 481 g/mol. The van der Waals surface area contributed by atoms with E-state index in [4.69, 9.17) is 37.4 Å².